The first kappa shape index (κ1) is 59.8. The van der Waals surface area contributed by atoms with Crippen LogP contribution in [-0.2, 0) is 75.9 Å². The fourth-order valence-electron chi connectivity index (χ4n) is 15.6. The second-order valence-corrected chi connectivity index (χ2v) is 24.1. The highest BCUT2D eigenvalue weighted by Gasteiger charge is 2.66. The molecule has 5 aliphatic heterocycles. The minimum absolute atomic E-state index is 0.0271. The van der Waals surface area contributed by atoms with E-state index in [4.69, 9.17) is 66.3 Å². The highest BCUT2D eigenvalue weighted by Crippen LogP contribution is 2.66. The maximum absolute atomic E-state index is 14.1. The van der Waals surface area contributed by atoms with Crippen LogP contribution < -0.4 is 0 Å². The summed E-state index contributed by atoms with van der Waals surface area (Å²) in [6, 6.07) is 0. The number of esters is 1. The third-order valence-electron chi connectivity index (χ3n) is 19.6. The molecule has 9 rings (SSSR count). The molecule has 3 saturated carbocycles. The molecule has 0 aromatic carbocycles. The molecule has 440 valence electrons. The quantitative estimate of drug-likeness (QED) is 0.110. The Morgan fingerprint density at radius 2 is 1.19 bits per heavy atom. The smallest absolute Gasteiger partial charge is 0.303 e. The first-order chi connectivity index (χ1) is 36.7. The van der Waals surface area contributed by atoms with Crippen LogP contribution in [0.5, 0.6) is 0 Å². The zero-order valence-electron chi connectivity index (χ0n) is 46.9. The molecule has 21 nitrogen and oxygen atoms in total. The molecular formula is C56H90O21. The molecule has 21 heteroatoms. The molecule has 0 aromatic rings. The molecule has 8 fully saturated rings. The van der Waals surface area contributed by atoms with E-state index in [0.717, 1.165) is 44.9 Å². The second kappa shape index (κ2) is 24.5. The van der Waals surface area contributed by atoms with Crippen LogP contribution in [0.1, 0.15) is 126 Å². The average molecular weight is 1100 g/mol. The minimum atomic E-state index is -1.60. The normalized spacial score (nSPS) is 51.2. The lowest BCUT2D eigenvalue weighted by Crippen LogP contribution is -2.62. The van der Waals surface area contributed by atoms with Gasteiger partial charge >= 0.3 is 5.97 Å². The molecule has 9 aliphatic rings. The van der Waals surface area contributed by atoms with E-state index in [1.807, 2.05) is 13.8 Å². The highest BCUT2D eigenvalue weighted by atomic mass is 16.8. The van der Waals surface area contributed by atoms with E-state index >= 15 is 0 Å². The first-order valence-electron chi connectivity index (χ1n) is 28.5. The van der Waals surface area contributed by atoms with E-state index in [2.05, 4.69) is 26.8 Å². The van der Waals surface area contributed by atoms with Crippen molar-refractivity contribution >= 4 is 11.8 Å². The lowest BCUT2D eigenvalue weighted by atomic mass is 9.47. The summed E-state index contributed by atoms with van der Waals surface area (Å²) >= 11 is 0. The van der Waals surface area contributed by atoms with Gasteiger partial charge in [0.1, 0.15) is 48.8 Å². The van der Waals surface area contributed by atoms with Crippen molar-refractivity contribution in [1.29, 1.82) is 0 Å². The number of hydrogen-bond acceptors (Lipinski definition) is 21. The van der Waals surface area contributed by atoms with Gasteiger partial charge in [-0.25, -0.2) is 0 Å². The summed E-state index contributed by atoms with van der Waals surface area (Å²) in [7, 11) is 4.78. The number of carbonyl (C=O) groups excluding carboxylic acids is 2. The van der Waals surface area contributed by atoms with Crippen molar-refractivity contribution in [1.82, 2.24) is 0 Å². The van der Waals surface area contributed by atoms with Crippen molar-refractivity contribution < 1.29 is 101 Å². The van der Waals surface area contributed by atoms with Crippen LogP contribution in [0.3, 0.4) is 0 Å². The number of ether oxygens (including phenoxy) is 14. The van der Waals surface area contributed by atoms with E-state index < -0.39 is 130 Å². The lowest BCUT2D eigenvalue weighted by molar-refractivity contribution is -0.358. The predicted octanol–water partition coefficient (Wildman–Crippen LogP) is 3.37. The number of methoxy groups -OCH3 is 3. The molecule has 0 radical (unpaired) electrons. The molecule has 4 aliphatic carbocycles. The average Bonchev–Trinajstić information content (AvgIpc) is 3.61. The predicted molar refractivity (Wildman–Crippen MR) is 269 cm³/mol. The Hall–Kier alpha value is -1.84. The maximum Gasteiger partial charge on any atom is 0.303 e. The van der Waals surface area contributed by atoms with E-state index in [1.165, 1.54) is 19.6 Å². The minimum Gasteiger partial charge on any atom is -0.454 e. The fourth-order valence-corrected chi connectivity index (χ4v) is 15.6. The van der Waals surface area contributed by atoms with E-state index in [9.17, 15) is 35.1 Å². The van der Waals surface area contributed by atoms with Crippen LogP contribution in [0.2, 0.25) is 0 Å². The van der Waals surface area contributed by atoms with Gasteiger partial charge in [-0.15, -0.1) is 0 Å². The Balaban J connectivity index is 0.740. The molecule has 0 aromatic heterocycles. The Bertz CT molecular complexity index is 2020. The number of aliphatic hydroxyl groups is 5. The number of aliphatic hydroxyl groups excluding tert-OH is 5. The molecular weight excluding hydrogens is 1010 g/mol. The maximum atomic E-state index is 14.1. The van der Waals surface area contributed by atoms with Crippen LogP contribution >= 0.6 is 0 Å². The molecule has 0 bridgehead atoms. The van der Waals surface area contributed by atoms with Gasteiger partial charge < -0.3 is 91.8 Å². The molecule has 29 atom stereocenters. The molecule has 29 unspecified atom stereocenters. The zero-order chi connectivity index (χ0) is 55.4. The Kier molecular flexibility index (Phi) is 19.1. The number of Topliss-reactive ketones (excluding diaryl/α,β-unsaturated/α-hetero) is 1. The van der Waals surface area contributed by atoms with Gasteiger partial charge in [-0.1, -0.05) is 32.4 Å². The SMILES string of the molecule is CCC1C(OC(C)=O)C(=O)C2C3CC=C4CC(OC5CC(OC)C(OC6CC(OC)C(OC7CC(O)C(OC8CC(OC)C(OC9OC(CO)C(O)C(O)C9O)C(C)O8)C(C)O7)C(C)O6)C(C)O5)CCC4(C)C3CCC12C. The summed E-state index contributed by atoms with van der Waals surface area (Å²) in [4.78, 5) is 26.2. The van der Waals surface area contributed by atoms with E-state index in [-0.39, 0.29) is 71.5 Å². The number of allylic oxidation sites excluding steroid dienone is 1. The van der Waals surface area contributed by atoms with E-state index in [0.29, 0.717) is 18.8 Å². The van der Waals surface area contributed by atoms with Crippen LogP contribution in [0.25, 0.3) is 0 Å². The van der Waals surface area contributed by atoms with Crippen LogP contribution in [0.15, 0.2) is 11.6 Å². The zero-order valence-corrected chi connectivity index (χ0v) is 46.9. The van der Waals surface area contributed by atoms with Gasteiger partial charge in [0.2, 0.25) is 0 Å². The molecule has 0 amide bonds. The third-order valence-corrected chi connectivity index (χ3v) is 19.6. The summed E-state index contributed by atoms with van der Waals surface area (Å²) in [5, 5.41) is 52.2. The Morgan fingerprint density at radius 1 is 0.675 bits per heavy atom. The van der Waals surface area contributed by atoms with Gasteiger partial charge in [-0.05, 0) is 95.3 Å². The standard InChI is InChI=1S/C56H90O21/c1-12-33-53(71-29(6)58)46(61)44-32-14-13-30-19-31(15-17-55(30,7)34(32)16-18-56(33,44)8)72-41-21-36(64-9)51(26(3)68-41)76-43-22-37(65-10)50(27(4)69-43)75-40-20-35(59)49(25(2)67-40)74-42-23-38(66-11)52(28(5)70-42)77-54-48(63)47(62)45(60)39(24-57)73-54/h13,25-28,31-45,47-54,57,59-60,62-63H,12,14-24H2,1-11H3. The van der Waals surface area contributed by atoms with Crippen molar-refractivity contribution in [3.05, 3.63) is 11.6 Å². The molecule has 5 heterocycles. The number of fused-ring (bicyclic) bond motifs is 5. The highest BCUT2D eigenvalue weighted by molar-refractivity contribution is 5.91. The topological polar surface area (TPSA) is 265 Å². The van der Waals surface area contributed by atoms with Gasteiger partial charge in [-0.3, -0.25) is 9.59 Å². The van der Waals surface area contributed by atoms with Gasteiger partial charge in [0.15, 0.2) is 43.3 Å². The molecule has 5 N–H and O–H groups in total. The largest absolute Gasteiger partial charge is 0.454 e. The number of rotatable bonds is 16. The number of carbonyl (C=O) groups is 2. The summed E-state index contributed by atoms with van der Waals surface area (Å²) in [6.45, 7) is 15.0. The molecule has 0 spiro atoms. The molecule has 5 saturated heterocycles. The van der Waals surface area contributed by atoms with Crippen LogP contribution in [0, 0.1) is 34.5 Å². The van der Waals surface area contributed by atoms with Crippen molar-refractivity contribution in [2.24, 2.45) is 34.5 Å². The lowest BCUT2D eigenvalue weighted by Gasteiger charge is -2.57. The monoisotopic (exact) mass is 1100 g/mol. The fraction of sp³-hybridized carbons (Fsp3) is 0.929. The van der Waals surface area contributed by atoms with Crippen molar-refractivity contribution in [3.63, 3.8) is 0 Å². The first-order valence-corrected chi connectivity index (χ1v) is 28.5. The van der Waals surface area contributed by atoms with Crippen molar-refractivity contribution in [3.8, 4) is 0 Å². The number of hydrogen-bond donors (Lipinski definition) is 5. The van der Waals surface area contributed by atoms with Gasteiger partial charge in [0.25, 0.3) is 0 Å². The summed E-state index contributed by atoms with van der Waals surface area (Å²) in [5.41, 5.74) is 1.22. The summed E-state index contributed by atoms with van der Waals surface area (Å²) in [5.74, 6) is 0.292. The number of ketones is 1. The van der Waals surface area contributed by atoms with Gasteiger partial charge in [0, 0.05) is 65.8 Å². The Morgan fingerprint density at radius 3 is 1.71 bits per heavy atom. The molecule has 77 heavy (non-hydrogen) atoms. The summed E-state index contributed by atoms with van der Waals surface area (Å²) < 4.78 is 86.9. The van der Waals surface area contributed by atoms with Crippen molar-refractivity contribution in [2.45, 2.75) is 267 Å². The van der Waals surface area contributed by atoms with E-state index in [1.54, 1.807) is 28.1 Å². The van der Waals surface area contributed by atoms with Gasteiger partial charge in [0.05, 0.1) is 61.5 Å². The van der Waals surface area contributed by atoms with Gasteiger partial charge in [-0.2, -0.15) is 0 Å². The van der Waals surface area contributed by atoms with Crippen molar-refractivity contribution in [2.75, 3.05) is 27.9 Å². The summed E-state index contributed by atoms with van der Waals surface area (Å²) in [6.07, 6.45) is -8.12. The Labute approximate surface area is 453 Å². The van der Waals surface area contributed by atoms with Crippen LogP contribution in [0.4, 0.5) is 0 Å². The third kappa shape index (κ3) is 11.8. The van der Waals surface area contributed by atoms with Crippen LogP contribution in [-0.4, -0.2) is 207 Å². The second-order valence-electron chi connectivity index (χ2n) is 24.1.